The number of phenols is 1. The van der Waals surface area contributed by atoms with Gasteiger partial charge in [0.15, 0.2) is 0 Å². The van der Waals surface area contributed by atoms with Crippen LogP contribution in [0.15, 0.2) is 24.3 Å². The van der Waals surface area contributed by atoms with Crippen LogP contribution in [0.25, 0.3) is 0 Å². The molecule has 1 rings (SSSR count). The molecule has 0 heterocycles. The molecule has 0 aromatic heterocycles. The molecule has 4 heteroatoms. The second-order valence-corrected chi connectivity index (χ2v) is 5.17. The number of carbonyl (C=O) groups excluding carboxylic acids is 1. The predicted molar refractivity (Wildman–Crippen MR) is 74.9 cm³/mol. The van der Waals surface area contributed by atoms with E-state index < -0.39 is 5.54 Å². The van der Waals surface area contributed by atoms with Crippen molar-refractivity contribution in [3.63, 3.8) is 0 Å². The Morgan fingerprint density at radius 1 is 1.47 bits per heavy atom. The summed E-state index contributed by atoms with van der Waals surface area (Å²) in [5.41, 5.74) is -0.245. The highest BCUT2D eigenvalue weighted by Crippen LogP contribution is 2.25. The van der Waals surface area contributed by atoms with Crippen molar-refractivity contribution >= 4 is 5.97 Å². The van der Waals surface area contributed by atoms with Gasteiger partial charge in [-0.25, -0.2) is 4.79 Å². The molecule has 0 saturated carbocycles. The minimum atomic E-state index is -0.945. The van der Waals surface area contributed by atoms with Crippen molar-refractivity contribution in [2.24, 2.45) is 5.92 Å². The first-order chi connectivity index (χ1) is 8.90. The lowest BCUT2D eigenvalue weighted by Crippen LogP contribution is -2.49. The van der Waals surface area contributed by atoms with Gasteiger partial charge >= 0.3 is 5.97 Å². The third kappa shape index (κ3) is 3.96. The van der Waals surface area contributed by atoms with Crippen LogP contribution >= 0.6 is 0 Å². The lowest BCUT2D eigenvalue weighted by molar-refractivity contribution is -0.151. The number of hydrogen-bond donors (Lipinski definition) is 2. The van der Waals surface area contributed by atoms with Crippen molar-refractivity contribution in [1.82, 2.24) is 5.32 Å². The Hall–Kier alpha value is -1.55. The van der Waals surface area contributed by atoms with Crippen LogP contribution in [0.5, 0.6) is 5.75 Å². The highest BCUT2D eigenvalue weighted by molar-refractivity contribution is 5.82. The molecule has 0 aliphatic heterocycles. The topological polar surface area (TPSA) is 58.6 Å². The average Bonchev–Trinajstić information content (AvgIpc) is 2.36. The number of ether oxygens (including phenoxy) is 1. The minimum Gasteiger partial charge on any atom is -0.508 e. The minimum absolute atomic E-state index is 0.138. The van der Waals surface area contributed by atoms with Gasteiger partial charge in [-0.3, -0.25) is 5.32 Å². The van der Waals surface area contributed by atoms with E-state index in [0.717, 1.165) is 0 Å². The second-order valence-electron chi connectivity index (χ2n) is 5.17. The monoisotopic (exact) mass is 265 g/mol. The summed E-state index contributed by atoms with van der Waals surface area (Å²) in [5.74, 6) is 0.215. The first kappa shape index (κ1) is 15.5. The summed E-state index contributed by atoms with van der Waals surface area (Å²) in [7, 11) is 0. The molecular weight excluding hydrogens is 242 g/mol. The zero-order valence-electron chi connectivity index (χ0n) is 12.1. The van der Waals surface area contributed by atoms with Gasteiger partial charge in [0.1, 0.15) is 11.3 Å². The van der Waals surface area contributed by atoms with Crippen LogP contribution in [-0.4, -0.2) is 24.2 Å². The molecule has 0 radical (unpaired) electrons. The van der Waals surface area contributed by atoms with E-state index >= 15 is 0 Å². The number of hydrogen-bond acceptors (Lipinski definition) is 4. The van der Waals surface area contributed by atoms with Crippen LogP contribution in [0.1, 0.15) is 33.3 Å². The zero-order valence-corrected chi connectivity index (χ0v) is 12.1. The molecule has 0 aliphatic carbocycles. The lowest BCUT2D eigenvalue weighted by atomic mass is 9.91. The highest BCUT2D eigenvalue weighted by atomic mass is 16.5. The molecule has 0 saturated heterocycles. The van der Waals surface area contributed by atoms with E-state index in [4.69, 9.17) is 4.74 Å². The summed E-state index contributed by atoms with van der Waals surface area (Å²) in [6, 6.07) is 6.70. The molecule has 19 heavy (non-hydrogen) atoms. The standard InChI is InChI=1S/C15H23NO3/c1-5-19-14(18)15(4,16-10-11(2)3)12-7-6-8-13(17)9-12/h6-9,11,16-17H,5,10H2,1-4H3. The molecule has 0 aliphatic rings. The van der Waals surface area contributed by atoms with E-state index in [1.165, 1.54) is 0 Å². The maximum Gasteiger partial charge on any atom is 0.330 e. The van der Waals surface area contributed by atoms with Crippen LogP contribution in [0.4, 0.5) is 0 Å². The van der Waals surface area contributed by atoms with E-state index in [-0.39, 0.29) is 11.7 Å². The maximum atomic E-state index is 12.2. The normalized spacial score (nSPS) is 14.2. The summed E-state index contributed by atoms with van der Waals surface area (Å²) in [6.45, 7) is 8.72. The SMILES string of the molecule is CCOC(=O)C(C)(NCC(C)C)c1cccc(O)c1. The molecule has 1 aromatic rings. The number of rotatable bonds is 6. The first-order valence-corrected chi connectivity index (χ1v) is 6.62. The van der Waals surface area contributed by atoms with Gasteiger partial charge in [0.2, 0.25) is 0 Å². The van der Waals surface area contributed by atoms with Crippen molar-refractivity contribution in [3.05, 3.63) is 29.8 Å². The summed E-state index contributed by atoms with van der Waals surface area (Å²) >= 11 is 0. The quantitative estimate of drug-likeness (QED) is 0.776. The highest BCUT2D eigenvalue weighted by Gasteiger charge is 2.36. The lowest BCUT2D eigenvalue weighted by Gasteiger charge is -2.30. The van der Waals surface area contributed by atoms with E-state index in [1.54, 1.807) is 32.0 Å². The third-order valence-electron chi connectivity index (χ3n) is 2.97. The largest absolute Gasteiger partial charge is 0.508 e. The van der Waals surface area contributed by atoms with Gasteiger partial charge in [-0.05, 0) is 44.0 Å². The number of carbonyl (C=O) groups is 1. The van der Waals surface area contributed by atoms with Crippen molar-refractivity contribution in [2.75, 3.05) is 13.2 Å². The molecular formula is C15H23NO3. The molecule has 0 bridgehead atoms. The van der Waals surface area contributed by atoms with Crippen molar-refractivity contribution in [3.8, 4) is 5.75 Å². The van der Waals surface area contributed by atoms with Crippen molar-refractivity contribution < 1.29 is 14.6 Å². The molecule has 1 atom stereocenters. The van der Waals surface area contributed by atoms with Gasteiger partial charge in [-0.1, -0.05) is 26.0 Å². The van der Waals surface area contributed by atoms with Gasteiger partial charge in [-0.2, -0.15) is 0 Å². The summed E-state index contributed by atoms with van der Waals surface area (Å²) in [4.78, 5) is 12.2. The van der Waals surface area contributed by atoms with Gasteiger partial charge in [0.25, 0.3) is 0 Å². The Kier molecular flexibility index (Phi) is 5.36. The van der Waals surface area contributed by atoms with Crippen LogP contribution in [0, 0.1) is 5.92 Å². The fourth-order valence-electron chi connectivity index (χ4n) is 1.79. The van der Waals surface area contributed by atoms with E-state index in [9.17, 15) is 9.90 Å². The number of phenolic OH excluding ortho intramolecular Hbond substituents is 1. The smallest absolute Gasteiger partial charge is 0.330 e. The Morgan fingerprint density at radius 2 is 2.16 bits per heavy atom. The van der Waals surface area contributed by atoms with Crippen molar-refractivity contribution in [1.29, 1.82) is 0 Å². The Balaban J connectivity index is 3.06. The van der Waals surface area contributed by atoms with Gasteiger partial charge in [0.05, 0.1) is 6.61 Å². The molecule has 0 amide bonds. The molecule has 4 nitrogen and oxygen atoms in total. The van der Waals surface area contributed by atoms with Crippen LogP contribution in [0.2, 0.25) is 0 Å². The summed E-state index contributed by atoms with van der Waals surface area (Å²) in [6.07, 6.45) is 0. The number of nitrogens with one attached hydrogen (secondary N) is 1. The fourth-order valence-corrected chi connectivity index (χ4v) is 1.79. The molecule has 0 spiro atoms. The first-order valence-electron chi connectivity index (χ1n) is 6.62. The van der Waals surface area contributed by atoms with E-state index in [0.29, 0.717) is 24.6 Å². The Labute approximate surface area is 114 Å². The average molecular weight is 265 g/mol. The van der Waals surface area contributed by atoms with Crippen LogP contribution in [0.3, 0.4) is 0 Å². The molecule has 1 unspecified atom stereocenters. The maximum absolute atomic E-state index is 12.2. The Bertz CT molecular complexity index is 431. The van der Waals surface area contributed by atoms with Crippen LogP contribution in [-0.2, 0) is 15.1 Å². The van der Waals surface area contributed by atoms with Crippen LogP contribution < -0.4 is 5.32 Å². The fraction of sp³-hybridized carbons (Fsp3) is 0.533. The second kappa shape index (κ2) is 6.57. The van der Waals surface area contributed by atoms with Gasteiger partial charge in [-0.15, -0.1) is 0 Å². The van der Waals surface area contributed by atoms with E-state index in [1.807, 2.05) is 6.07 Å². The molecule has 2 N–H and O–H groups in total. The summed E-state index contributed by atoms with van der Waals surface area (Å²) < 4.78 is 5.15. The van der Waals surface area contributed by atoms with E-state index in [2.05, 4.69) is 19.2 Å². The molecule has 0 fully saturated rings. The predicted octanol–water partition coefficient (Wildman–Crippen LogP) is 2.42. The van der Waals surface area contributed by atoms with Crippen molar-refractivity contribution in [2.45, 2.75) is 33.2 Å². The third-order valence-corrected chi connectivity index (χ3v) is 2.97. The number of benzene rings is 1. The summed E-state index contributed by atoms with van der Waals surface area (Å²) in [5, 5.41) is 12.8. The van der Waals surface area contributed by atoms with Gasteiger partial charge in [0, 0.05) is 0 Å². The van der Waals surface area contributed by atoms with Gasteiger partial charge < -0.3 is 9.84 Å². The Morgan fingerprint density at radius 3 is 2.68 bits per heavy atom. The zero-order chi connectivity index (χ0) is 14.5. The molecule has 106 valence electrons. The number of aromatic hydroxyl groups is 1. The molecule has 1 aromatic carbocycles. The number of esters is 1.